The van der Waals surface area contributed by atoms with Gasteiger partial charge < -0.3 is 9.47 Å². The molecule has 2 heteroatoms. The molecule has 0 unspecified atom stereocenters. The third-order valence-corrected chi connectivity index (χ3v) is 3.78. The normalized spacial score (nSPS) is 12.0. The molecule has 1 aliphatic carbocycles. The molecule has 0 fully saturated rings. The molecule has 0 heterocycles. The molecule has 0 N–H and O–H groups in total. The van der Waals surface area contributed by atoms with E-state index in [-0.39, 0.29) is 0 Å². The molecular weight excluding hydrogens is 284 g/mol. The first-order valence-corrected chi connectivity index (χ1v) is 7.68. The predicted octanol–water partition coefficient (Wildman–Crippen LogP) is 5.84. The number of hydrogen-bond donors (Lipinski definition) is 0. The van der Waals surface area contributed by atoms with Crippen molar-refractivity contribution in [3.8, 4) is 23.0 Å². The van der Waals surface area contributed by atoms with Crippen LogP contribution in [0.15, 0.2) is 78.9 Å². The zero-order valence-electron chi connectivity index (χ0n) is 12.6. The van der Waals surface area contributed by atoms with Crippen molar-refractivity contribution in [1.29, 1.82) is 0 Å². The summed E-state index contributed by atoms with van der Waals surface area (Å²) in [4.78, 5) is 0. The maximum atomic E-state index is 6.05. The fraction of sp³-hybridized carbons (Fsp3) is 0.0476. The highest BCUT2D eigenvalue weighted by atomic mass is 16.5. The van der Waals surface area contributed by atoms with Crippen molar-refractivity contribution in [3.63, 3.8) is 0 Å². The van der Waals surface area contributed by atoms with Crippen molar-refractivity contribution in [3.05, 3.63) is 90.0 Å². The van der Waals surface area contributed by atoms with E-state index in [1.807, 2.05) is 66.7 Å². The van der Waals surface area contributed by atoms with E-state index >= 15 is 0 Å². The lowest BCUT2D eigenvalue weighted by molar-refractivity contribution is 0.418. The highest BCUT2D eigenvalue weighted by Crippen LogP contribution is 2.39. The molecule has 0 atom stereocenters. The smallest absolute Gasteiger partial charge is 0.170 e. The quantitative estimate of drug-likeness (QED) is 0.602. The maximum Gasteiger partial charge on any atom is 0.170 e. The topological polar surface area (TPSA) is 18.5 Å². The van der Waals surface area contributed by atoms with Crippen LogP contribution in [0, 0.1) is 0 Å². The summed E-state index contributed by atoms with van der Waals surface area (Å²) in [5.74, 6) is 3.07. The second-order valence-electron chi connectivity index (χ2n) is 5.43. The Bertz CT molecular complexity index is 836. The maximum absolute atomic E-state index is 6.05. The van der Waals surface area contributed by atoms with Gasteiger partial charge in [-0.25, -0.2) is 0 Å². The van der Waals surface area contributed by atoms with Crippen molar-refractivity contribution in [2.75, 3.05) is 0 Å². The molecule has 112 valence electrons. The van der Waals surface area contributed by atoms with Crippen LogP contribution < -0.4 is 9.47 Å². The molecule has 1 aliphatic rings. The van der Waals surface area contributed by atoms with E-state index in [0.717, 1.165) is 29.4 Å². The Hall–Kier alpha value is -3.00. The fourth-order valence-corrected chi connectivity index (χ4v) is 2.65. The van der Waals surface area contributed by atoms with E-state index < -0.39 is 0 Å². The number of hydrogen-bond acceptors (Lipinski definition) is 2. The number of allylic oxidation sites excluding steroid dienone is 1. The van der Waals surface area contributed by atoms with Gasteiger partial charge in [-0.05, 0) is 53.9 Å². The number of benzene rings is 3. The highest BCUT2D eigenvalue weighted by molar-refractivity contribution is 5.65. The second-order valence-corrected chi connectivity index (χ2v) is 5.43. The monoisotopic (exact) mass is 300 g/mol. The van der Waals surface area contributed by atoms with Gasteiger partial charge in [-0.2, -0.15) is 0 Å². The summed E-state index contributed by atoms with van der Waals surface area (Å²) in [6.45, 7) is 0. The molecular formula is C21H16O2. The molecule has 0 amide bonds. The summed E-state index contributed by atoms with van der Waals surface area (Å²) >= 11 is 0. The van der Waals surface area contributed by atoms with Crippen molar-refractivity contribution in [1.82, 2.24) is 0 Å². The molecule has 0 saturated carbocycles. The van der Waals surface area contributed by atoms with Gasteiger partial charge in [0.05, 0.1) is 0 Å². The molecule has 0 saturated heterocycles. The van der Waals surface area contributed by atoms with Gasteiger partial charge in [0.2, 0.25) is 0 Å². The average Bonchev–Trinajstić information content (AvgIpc) is 3.04. The Morgan fingerprint density at radius 1 is 0.652 bits per heavy atom. The molecule has 0 bridgehead atoms. The first-order chi connectivity index (χ1) is 11.4. The van der Waals surface area contributed by atoms with Crippen LogP contribution in [-0.4, -0.2) is 0 Å². The highest BCUT2D eigenvalue weighted by Gasteiger charge is 2.14. The van der Waals surface area contributed by atoms with Crippen LogP contribution in [0.25, 0.3) is 6.08 Å². The van der Waals surface area contributed by atoms with Gasteiger partial charge in [0.15, 0.2) is 11.5 Å². The molecule has 3 aromatic rings. The van der Waals surface area contributed by atoms with Gasteiger partial charge in [-0.1, -0.05) is 48.6 Å². The standard InChI is InChI=1S/C21H16O2/c1-3-10-18(11-4-1)22-20-14-16-8-7-9-17(16)15-21(20)23-19-12-5-2-6-13-19/h1-8,10-15H,9H2. The minimum atomic E-state index is 0.727. The SMILES string of the molecule is C1=Cc2cc(Oc3ccccc3)c(Oc3ccccc3)cc2C1. The van der Waals surface area contributed by atoms with Crippen LogP contribution in [0.2, 0.25) is 0 Å². The molecule has 23 heavy (non-hydrogen) atoms. The van der Waals surface area contributed by atoms with E-state index in [9.17, 15) is 0 Å². The summed E-state index contributed by atoms with van der Waals surface area (Å²) in [6.07, 6.45) is 5.22. The molecule has 0 aliphatic heterocycles. The Labute approximate surface area is 135 Å². The Kier molecular flexibility index (Phi) is 3.57. The summed E-state index contributed by atoms with van der Waals surface area (Å²) in [5.41, 5.74) is 2.45. The van der Waals surface area contributed by atoms with Crippen molar-refractivity contribution >= 4 is 6.08 Å². The van der Waals surface area contributed by atoms with E-state index in [0.29, 0.717) is 0 Å². The van der Waals surface area contributed by atoms with Gasteiger partial charge in [-0.15, -0.1) is 0 Å². The van der Waals surface area contributed by atoms with Crippen molar-refractivity contribution in [2.45, 2.75) is 6.42 Å². The largest absolute Gasteiger partial charge is 0.453 e. The summed E-state index contributed by atoms with van der Waals surface area (Å²) in [5, 5.41) is 0. The Balaban J connectivity index is 1.72. The minimum Gasteiger partial charge on any atom is -0.453 e. The van der Waals surface area contributed by atoms with Gasteiger partial charge in [0.1, 0.15) is 11.5 Å². The zero-order chi connectivity index (χ0) is 15.5. The number of para-hydroxylation sites is 2. The van der Waals surface area contributed by atoms with E-state index in [1.165, 1.54) is 11.1 Å². The van der Waals surface area contributed by atoms with Gasteiger partial charge >= 0.3 is 0 Å². The van der Waals surface area contributed by atoms with Gasteiger partial charge in [-0.3, -0.25) is 0 Å². The predicted molar refractivity (Wildman–Crippen MR) is 92.2 cm³/mol. The van der Waals surface area contributed by atoms with Crippen molar-refractivity contribution in [2.24, 2.45) is 0 Å². The lowest BCUT2D eigenvalue weighted by Gasteiger charge is -2.14. The summed E-state index contributed by atoms with van der Waals surface area (Å²) < 4.78 is 12.1. The van der Waals surface area contributed by atoms with Crippen LogP contribution in [0.1, 0.15) is 11.1 Å². The zero-order valence-corrected chi connectivity index (χ0v) is 12.6. The van der Waals surface area contributed by atoms with Crippen molar-refractivity contribution < 1.29 is 9.47 Å². The minimum absolute atomic E-state index is 0.727. The van der Waals surface area contributed by atoms with Gasteiger partial charge in [0, 0.05) is 0 Å². The van der Waals surface area contributed by atoms with Crippen LogP contribution in [0.3, 0.4) is 0 Å². The van der Waals surface area contributed by atoms with Gasteiger partial charge in [0.25, 0.3) is 0 Å². The van der Waals surface area contributed by atoms with Crippen LogP contribution in [-0.2, 0) is 6.42 Å². The summed E-state index contributed by atoms with van der Waals surface area (Å²) in [6, 6.07) is 23.7. The molecule has 0 spiro atoms. The van der Waals surface area contributed by atoms with Crippen LogP contribution in [0.5, 0.6) is 23.0 Å². The second kappa shape index (κ2) is 6.01. The Morgan fingerprint density at radius 3 is 1.83 bits per heavy atom. The fourth-order valence-electron chi connectivity index (χ4n) is 2.65. The average molecular weight is 300 g/mol. The van der Waals surface area contributed by atoms with E-state index in [4.69, 9.17) is 9.47 Å². The molecule has 2 nitrogen and oxygen atoms in total. The first-order valence-electron chi connectivity index (χ1n) is 7.68. The van der Waals surface area contributed by atoms with Crippen LogP contribution >= 0.6 is 0 Å². The van der Waals surface area contributed by atoms with Crippen LogP contribution in [0.4, 0.5) is 0 Å². The van der Waals surface area contributed by atoms with E-state index in [1.54, 1.807) is 0 Å². The number of fused-ring (bicyclic) bond motifs is 1. The third kappa shape index (κ3) is 2.97. The first kappa shape index (κ1) is 13.6. The number of rotatable bonds is 4. The summed E-state index contributed by atoms with van der Waals surface area (Å²) in [7, 11) is 0. The molecule has 3 aromatic carbocycles. The Morgan fingerprint density at radius 2 is 1.22 bits per heavy atom. The lowest BCUT2D eigenvalue weighted by atomic mass is 10.1. The van der Waals surface area contributed by atoms with E-state index in [2.05, 4.69) is 18.2 Å². The number of ether oxygens (including phenoxy) is 2. The lowest BCUT2D eigenvalue weighted by Crippen LogP contribution is -1.93. The molecule has 0 aromatic heterocycles. The molecule has 0 radical (unpaired) electrons. The third-order valence-electron chi connectivity index (χ3n) is 3.78. The molecule has 4 rings (SSSR count).